The molecule has 9 heteroatoms. The van der Waals surface area contributed by atoms with E-state index in [4.69, 9.17) is 10.8 Å². The smallest absolute Gasteiger partial charge is 0.404 e. The monoisotopic (exact) mass is 337 g/mol. The number of pyridine rings is 1. The third-order valence-electron chi connectivity index (χ3n) is 3.96. The van der Waals surface area contributed by atoms with Crippen LogP contribution in [0.2, 0.25) is 0 Å². The molecule has 3 heterocycles. The van der Waals surface area contributed by atoms with Gasteiger partial charge in [-0.1, -0.05) is 12.1 Å². The number of carboxylic acid groups (broad SMARTS) is 1. The van der Waals surface area contributed by atoms with Crippen LogP contribution in [0.5, 0.6) is 0 Å². The van der Waals surface area contributed by atoms with E-state index >= 15 is 0 Å². The number of nitrogens with zero attached hydrogens (tertiary/aromatic N) is 4. The number of amides is 1. The van der Waals surface area contributed by atoms with Crippen LogP contribution >= 0.6 is 0 Å². The number of hydrogen-bond acceptors (Lipinski definition) is 5. The molecule has 0 aliphatic carbocycles. The summed E-state index contributed by atoms with van der Waals surface area (Å²) in [6.45, 7) is 0.673. The number of rotatable bonds is 4. The number of nitrogen functional groups attached to an aromatic ring is 1. The first kappa shape index (κ1) is 14.9. The van der Waals surface area contributed by atoms with Gasteiger partial charge < -0.3 is 16.2 Å². The molecule has 9 nitrogen and oxygen atoms in total. The van der Waals surface area contributed by atoms with E-state index in [1.165, 1.54) is 0 Å². The van der Waals surface area contributed by atoms with Crippen LogP contribution in [0.25, 0.3) is 33.1 Å². The van der Waals surface area contributed by atoms with Gasteiger partial charge in [-0.05, 0) is 12.1 Å². The predicted octanol–water partition coefficient (Wildman–Crippen LogP) is 1.82. The highest BCUT2D eigenvalue weighted by Crippen LogP contribution is 2.29. The Morgan fingerprint density at radius 3 is 2.96 bits per heavy atom. The lowest BCUT2D eigenvalue weighted by molar-refractivity contribution is 0.194. The number of H-pyrrole nitrogens is 1. The van der Waals surface area contributed by atoms with Crippen molar-refractivity contribution in [1.29, 1.82) is 0 Å². The molecule has 0 bridgehead atoms. The van der Waals surface area contributed by atoms with Crippen LogP contribution in [0.1, 0.15) is 0 Å². The molecule has 0 aliphatic rings. The van der Waals surface area contributed by atoms with Crippen molar-refractivity contribution in [2.45, 2.75) is 6.54 Å². The van der Waals surface area contributed by atoms with E-state index in [9.17, 15) is 4.79 Å². The van der Waals surface area contributed by atoms with E-state index in [0.717, 1.165) is 27.5 Å². The second-order valence-electron chi connectivity index (χ2n) is 5.59. The standard InChI is InChI=1S/C16H15N7O2/c17-15-14-11(8-23(22-14)6-5-18-16(24)25)10-2-1-9(7-13(10)20-15)12-3-4-19-21-12/h1-4,7-8,18H,5-6H2,(H2,17,20)(H,19,21)(H,24,25). The molecular weight excluding hydrogens is 322 g/mol. The second kappa shape index (κ2) is 5.78. The maximum absolute atomic E-state index is 10.5. The average Bonchev–Trinajstić information content (AvgIpc) is 3.24. The van der Waals surface area contributed by atoms with Crippen LogP contribution in [0, 0.1) is 0 Å². The highest BCUT2D eigenvalue weighted by Gasteiger charge is 2.12. The molecule has 4 rings (SSSR count). The first-order valence-electron chi connectivity index (χ1n) is 7.65. The molecule has 0 saturated carbocycles. The predicted molar refractivity (Wildman–Crippen MR) is 93.1 cm³/mol. The van der Waals surface area contributed by atoms with Crippen LogP contribution in [0.4, 0.5) is 10.6 Å². The number of carbonyl (C=O) groups is 1. The van der Waals surface area contributed by atoms with Gasteiger partial charge in [-0.25, -0.2) is 9.78 Å². The van der Waals surface area contributed by atoms with Gasteiger partial charge in [0, 0.05) is 35.3 Å². The zero-order valence-electron chi connectivity index (χ0n) is 13.1. The molecule has 0 saturated heterocycles. The van der Waals surface area contributed by atoms with Gasteiger partial charge in [0.2, 0.25) is 0 Å². The van der Waals surface area contributed by atoms with Crippen molar-refractivity contribution in [1.82, 2.24) is 30.3 Å². The number of fused-ring (bicyclic) bond motifs is 3. The summed E-state index contributed by atoms with van der Waals surface area (Å²) in [4.78, 5) is 15.0. The first-order chi connectivity index (χ1) is 12.1. The number of nitrogens with one attached hydrogen (secondary N) is 2. The Morgan fingerprint density at radius 2 is 2.20 bits per heavy atom. The Labute approximate surface area is 141 Å². The summed E-state index contributed by atoms with van der Waals surface area (Å²) in [6, 6.07) is 7.79. The molecule has 0 fully saturated rings. The van der Waals surface area contributed by atoms with Crippen LogP contribution in [-0.2, 0) is 6.54 Å². The number of hydrogen-bond donors (Lipinski definition) is 4. The van der Waals surface area contributed by atoms with Gasteiger partial charge in [-0.3, -0.25) is 9.78 Å². The minimum Gasteiger partial charge on any atom is -0.465 e. The molecule has 4 aromatic rings. The van der Waals surface area contributed by atoms with Crippen molar-refractivity contribution < 1.29 is 9.90 Å². The summed E-state index contributed by atoms with van der Waals surface area (Å²) in [5.41, 5.74) is 9.30. The number of anilines is 1. The van der Waals surface area contributed by atoms with Crippen molar-refractivity contribution in [3.05, 3.63) is 36.7 Å². The van der Waals surface area contributed by atoms with E-state index in [1.807, 2.05) is 30.5 Å². The van der Waals surface area contributed by atoms with Gasteiger partial charge in [0.1, 0.15) is 5.52 Å². The molecular formula is C16H15N7O2. The summed E-state index contributed by atoms with van der Waals surface area (Å²) in [5, 5.41) is 24.1. The third kappa shape index (κ3) is 2.71. The van der Waals surface area contributed by atoms with Gasteiger partial charge in [-0.15, -0.1) is 0 Å². The minimum absolute atomic E-state index is 0.262. The third-order valence-corrected chi connectivity index (χ3v) is 3.96. The summed E-state index contributed by atoms with van der Waals surface area (Å²) in [5.74, 6) is 0.342. The van der Waals surface area contributed by atoms with Gasteiger partial charge in [0.05, 0.1) is 17.8 Å². The van der Waals surface area contributed by atoms with Crippen LogP contribution in [0.15, 0.2) is 36.7 Å². The van der Waals surface area contributed by atoms with Gasteiger partial charge in [-0.2, -0.15) is 10.2 Å². The van der Waals surface area contributed by atoms with Crippen LogP contribution in [-0.4, -0.2) is 42.7 Å². The normalized spacial score (nSPS) is 11.2. The molecule has 0 atom stereocenters. The Bertz CT molecular complexity index is 1070. The first-order valence-corrected chi connectivity index (χ1v) is 7.65. The Morgan fingerprint density at radius 1 is 1.32 bits per heavy atom. The molecule has 1 aromatic carbocycles. The lowest BCUT2D eigenvalue weighted by atomic mass is 10.1. The van der Waals surface area contributed by atoms with Gasteiger partial charge in [0.25, 0.3) is 0 Å². The van der Waals surface area contributed by atoms with Crippen molar-refractivity contribution in [2.75, 3.05) is 12.3 Å². The van der Waals surface area contributed by atoms with E-state index in [-0.39, 0.29) is 6.54 Å². The summed E-state index contributed by atoms with van der Waals surface area (Å²) >= 11 is 0. The van der Waals surface area contributed by atoms with E-state index in [0.29, 0.717) is 17.9 Å². The van der Waals surface area contributed by atoms with E-state index < -0.39 is 6.09 Å². The fourth-order valence-corrected chi connectivity index (χ4v) is 2.82. The highest BCUT2D eigenvalue weighted by molar-refractivity contribution is 6.08. The fraction of sp³-hybridized carbons (Fsp3) is 0.125. The van der Waals surface area contributed by atoms with Gasteiger partial charge >= 0.3 is 6.09 Å². The van der Waals surface area contributed by atoms with Crippen molar-refractivity contribution >= 4 is 33.7 Å². The zero-order valence-corrected chi connectivity index (χ0v) is 13.1. The van der Waals surface area contributed by atoms with Crippen LogP contribution in [0.3, 0.4) is 0 Å². The molecule has 0 unspecified atom stereocenters. The number of nitrogens with two attached hydrogens (primary N) is 1. The molecule has 5 N–H and O–H groups in total. The molecule has 126 valence electrons. The van der Waals surface area contributed by atoms with Gasteiger partial charge in [0.15, 0.2) is 5.82 Å². The molecule has 0 aliphatic heterocycles. The minimum atomic E-state index is -1.06. The SMILES string of the molecule is Nc1nc2cc(-c3ccn[nH]3)ccc2c2cn(CCNC(=O)O)nc12. The molecule has 0 spiro atoms. The summed E-state index contributed by atoms with van der Waals surface area (Å²) < 4.78 is 1.67. The Hall–Kier alpha value is -3.62. The Balaban J connectivity index is 1.77. The highest BCUT2D eigenvalue weighted by atomic mass is 16.4. The lowest BCUT2D eigenvalue weighted by Gasteiger charge is -2.03. The van der Waals surface area contributed by atoms with Crippen LogP contribution < -0.4 is 11.1 Å². The quantitative estimate of drug-likeness (QED) is 0.449. The zero-order chi connectivity index (χ0) is 17.4. The largest absolute Gasteiger partial charge is 0.465 e. The average molecular weight is 337 g/mol. The number of aromatic amines is 1. The van der Waals surface area contributed by atoms with Crippen molar-refractivity contribution in [3.63, 3.8) is 0 Å². The Kier molecular flexibility index (Phi) is 3.46. The second-order valence-corrected chi connectivity index (χ2v) is 5.59. The molecule has 1 amide bonds. The van der Waals surface area contributed by atoms with E-state index in [2.05, 4.69) is 25.6 Å². The molecule has 3 aromatic heterocycles. The molecule has 0 radical (unpaired) electrons. The van der Waals surface area contributed by atoms with Crippen molar-refractivity contribution in [2.24, 2.45) is 0 Å². The maximum Gasteiger partial charge on any atom is 0.404 e. The molecule has 25 heavy (non-hydrogen) atoms. The number of benzene rings is 1. The lowest BCUT2D eigenvalue weighted by Crippen LogP contribution is -2.25. The maximum atomic E-state index is 10.5. The van der Waals surface area contributed by atoms with E-state index in [1.54, 1.807) is 10.9 Å². The summed E-state index contributed by atoms with van der Waals surface area (Å²) in [6.07, 6.45) is 2.49. The topological polar surface area (TPSA) is 135 Å². The fourth-order valence-electron chi connectivity index (χ4n) is 2.82. The van der Waals surface area contributed by atoms with Crippen molar-refractivity contribution in [3.8, 4) is 11.3 Å². The number of aromatic nitrogens is 5. The summed E-state index contributed by atoms with van der Waals surface area (Å²) in [7, 11) is 0.